The van der Waals surface area contributed by atoms with Crippen LogP contribution in [0.2, 0.25) is 0 Å². The van der Waals surface area contributed by atoms with Crippen LogP contribution in [0.15, 0.2) is 36.4 Å². The number of halogens is 1. The Labute approximate surface area is 163 Å². The third-order valence-corrected chi connectivity index (χ3v) is 5.48. The molecule has 0 radical (unpaired) electrons. The maximum atomic E-state index is 14.2. The maximum Gasteiger partial charge on any atom is 0.263 e. The topological polar surface area (TPSA) is 37.6 Å². The molecule has 0 aliphatic heterocycles. The first-order valence-corrected chi connectivity index (χ1v) is 9.91. The highest BCUT2D eigenvalue weighted by atomic mass is 32.1. The minimum Gasteiger partial charge on any atom is -0.340 e. The van der Waals surface area contributed by atoms with Gasteiger partial charge in [0.2, 0.25) is 0 Å². The molecule has 1 N–H and O–H groups in total. The maximum absolute atomic E-state index is 14.2. The monoisotopic (exact) mass is 386 g/mol. The fourth-order valence-corrected chi connectivity index (χ4v) is 4.30. The molecule has 2 aromatic carbocycles. The summed E-state index contributed by atoms with van der Waals surface area (Å²) in [5.41, 5.74) is 3.24. The van der Waals surface area contributed by atoms with Crippen molar-refractivity contribution in [2.45, 2.75) is 20.3 Å². The zero-order valence-electron chi connectivity index (χ0n) is 16.2. The summed E-state index contributed by atoms with van der Waals surface area (Å²) in [5, 5.41) is 0.626. The number of fused-ring (bicyclic) bond motifs is 1. The zero-order chi connectivity index (χ0) is 19.6. The molecule has 0 spiro atoms. The quantitative estimate of drug-likeness (QED) is 0.706. The average molecular weight is 387 g/mol. The molecule has 142 valence electrons. The van der Waals surface area contributed by atoms with E-state index >= 15 is 0 Å². The molecule has 0 atom stereocenters. The summed E-state index contributed by atoms with van der Waals surface area (Å²) in [6.45, 7) is 5.51. The number of rotatable bonds is 6. The zero-order valence-corrected chi connectivity index (χ0v) is 17.0. The van der Waals surface area contributed by atoms with Gasteiger partial charge in [-0.3, -0.25) is 9.69 Å². The summed E-state index contributed by atoms with van der Waals surface area (Å²) in [6.07, 6.45) is 0.816. The van der Waals surface area contributed by atoms with Crippen molar-refractivity contribution in [1.82, 2.24) is 4.98 Å². The van der Waals surface area contributed by atoms with Gasteiger partial charge in [-0.05, 0) is 43.2 Å². The first-order valence-electron chi connectivity index (χ1n) is 9.10. The first kappa shape index (κ1) is 19.5. The van der Waals surface area contributed by atoms with Crippen LogP contribution < -0.4 is 9.80 Å². The number of aryl methyl sites for hydroxylation is 2. The largest absolute Gasteiger partial charge is 0.340 e. The van der Waals surface area contributed by atoms with Crippen LogP contribution in [0, 0.1) is 19.7 Å². The van der Waals surface area contributed by atoms with Crippen LogP contribution in [0.4, 0.5) is 9.52 Å². The Balaban J connectivity index is 2.00. The average Bonchev–Trinajstić information content (AvgIpc) is 3.02. The van der Waals surface area contributed by atoms with Crippen molar-refractivity contribution in [1.29, 1.82) is 0 Å². The van der Waals surface area contributed by atoms with Crippen molar-refractivity contribution >= 4 is 32.6 Å². The molecule has 1 heterocycles. The SMILES string of the molecule is Cc1cc(C)c2nc(N(CCC[NH+](C)C)C(=O)c3ccccc3F)sc2c1. The molecule has 0 aliphatic rings. The van der Waals surface area contributed by atoms with E-state index < -0.39 is 5.82 Å². The van der Waals surface area contributed by atoms with Crippen LogP contribution in [-0.4, -0.2) is 38.1 Å². The number of hydrogen-bond donors (Lipinski definition) is 1. The van der Waals surface area contributed by atoms with Crippen LogP contribution >= 0.6 is 11.3 Å². The number of anilines is 1. The number of thiazole rings is 1. The fraction of sp³-hybridized carbons (Fsp3) is 0.333. The molecule has 0 fully saturated rings. The molecule has 0 unspecified atom stereocenters. The van der Waals surface area contributed by atoms with Crippen molar-refractivity contribution in [3.05, 3.63) is 58.9 Å². The van der Waals surface area contributed by atoms with Gasteiger partial charge in [-0.15, -0.1) is 0 Å². The summed E-state index contributed by atoms with van der Waals surface area (Å²) < 4.78 is 15.3. The van der Waals surface area contributed by atoms with Gasteiger partial charge in [0.1, 0.15) is 5.82 Å². The molecule has 3 rings (SSSR count). The minimum absolute atomic E-state index is 0.0851. The Bertz CT molecular complexity index is 967. The van der Waals surface area contributed by atoms with Gasteiger partial charge in [-0.25, -0.2) is 9.37 Å². The van der Waals surface area contributed by atoms with Gasteiger partial charge in [0.15, 0.2) is 5.13 Å². The number of quaternary nitrogens is 1. The van der Waals surface area contributed by atoms with Gasteiger partial charge in [0.05, 0.1) is 36.4 Å². The van der Waals surface area contributed by atoms with Gasteiger partial charge in [-0.2, -0.15) is 0 Å². The molecule has 4 nitrogen and oxygen atoms in total. The standard InChI is InChI=1S/C21H24FN3OS/c1-14-12-15(2)19-18(13-14)27-21(23-19)25(11-7-10-24(3)4)20(26)16-8-5-6-9-17(16)22/h5-6,8-9,12-13H,7,10-11H2,1-4H3/p+1. The molecule has 0 aliphatic carbocycles. The molecule has 0 bridgehead atoms. The highest BCUT2D eigenvalue weighted by Crippen LogP contribution is 2.32. The number of carbonyl (C=O) groups is 1. The van der Waals surface area contributed by atoms with E-state index in [4.69, 9.17) is 4.98 Å². The number of benzene rings is 2. The summed E-state index contributed by atoms with van der Waals surface area (Å²) in [5.74, 6) is -0.839. The van der Waals surface area contributed by atoms with Crippen molar-refractivity contribution < 1.29 is 14.1 Å². The second-order valence-electron chi connectivity index (χ2n) is 7.17. The number of hydrogen-bond acceptors (Lipinski definition) is 3. The van der Waals surface area contributed by atoms with Crippen LogP contribution in [0.1, 0.15) is 27.9 Å². The van der Waals surface area contributed by atoms with E-state index in [1.54, 1.807) is 17.0 Å². The lowest BCUT2D eigenvalue weighted by atomic mass is 10.1. The Morgan fingerprint density at radius 1 is 1.22 bits per heavy atom. The summed E-state index contributed by atoms with van der Waals surface area (Å²) in [6, 6.07) is 10.3. The predicted octanol–water partition coefficient (Wildman–Crippen LogP) is 3.23. The van der Waals surface area contributed by atoms with E-state index in [9.17, 15) is 9.18 Å². The van der Waals surface area contributed by atoms with Crippen molar-refractivity contribution in [2.24, 2.45) is 0 Å². The highest BCUT2D eigenvalue weighted by Gasteiger charge is 2.24. The molecule has 1 aromatic heterocycles. The van der Waals surface area contributed by atoms with Gasteiger partial charge < -0.3 is 4.90 Å². The summed E-state index contributed by atoms with van der Waals surface area (Å²) >= 11 is 1.49. The molecular formula is C21H25FN3OS+. The normalized spacial score (nSPS) is 11.3. The summed E-state index contributed by atoms with van der Waals surface area (Å²) in [7, 11) is 4.15. The third-order valence-electron chi connectivity index (χ3n) is 4.46. The highest BCUT2D eigenvalue weighted by molar-refractivity contribution is 7.22. The lowest BCUT2D eigenvalue weighted by Crippen LogP contribution is -3.05. The number of nitrogens with one attached hydrogen (secondary N) is 1. The summed E-state index contributed by atoms with van der Waals surface area (Å²) in [4.78, 5) is 20.8. The Kier molecular flexibility index (Phi) is 5.87. The number of carbonyl (C=O) groups excluding carboxylic acids is 1. The second-order valence-corrected chi connectivity index (χ2v) is 8.18. The van der Waals surface area contributed by atoms with Crippen molar-refractivity contribution in [2.75, 3.05) is 32.1 Å². The number of nitrogens with zero attached hydrogens (tertiary/aromatic N) is 2. The third kappa shape index (κ3) is 4.34. The van der Waals surface area contributed by atoms with Crippen molar-refractivity contribution in [3.8, 4) is 0 Å². The van der Waals surface area contributed by atoms with E-state index in [1.807, 2.05) is 13.8 Å². The fourth-order valence-electron chi connectivity index (χ4n) is 3.13. The van der Waals surface area contributed by atoms with Gasteiger partial charge in [-0.1, -0.05) is 29.5 Å². The molecule has 6 heteroatoms. The number of amides is 1. The molecular weight excluding hydrogens is 361 g/mol. The van der Waals surface area contributed by atoms with Crippen LogP contribution in [0.3, 0.4) is 0 Å². The van der Waals surface area contributed by atoms with Crippen LogP contribution in [0.5, 0.6) is 0 Å². The smallest absolute Gasteiger partial charge is 0.263 e. The Hall–Kier alpha value is -2.31. The van der Waals surface area contributed by atoms with Gasteiger partial charge in [0, 0.05) is 13.0 Å². The van der Waals surface area contributed by atoms with E-state index in [0.717, 1.165) is 28.7 Å². The van der Waals surface area contributed by atoms with E-state index in [0.29, 0.717) is 11.7 Å². The van der Waals surface area contributed by atoms with Gasteiger partial charge >= 0.3 is 0 Å². The van der Waals surface area contributed by atoms with E-state index in [2.05, 4.69) is 26.2 Å². The molecule has 3 aromatic rings. The van der Waals surface area contributed by atoms with Crippen LogP contribution in [0.25, 0.3) is 10.2 Å². The predicted molar refractivity (Wildman–Crippen MR) is 109 cm³/mol. The molecule has 0 saturated heterocycles. The second kappa shape index (κ2) is 8.15. The van der Waals surface area contributed by atoms with Crippen molar-refractivity contribution in [3.63, 3.8) is 0 Å². The Morgan fingerprint density at radius 2 is 1.96 bits per heavy atom. The van der Waals surface area contributed by atoms with Crippen LogP contribution in [-0.2, 0) is 0 Å². The van der Waals surface area contributed by atoms with E-state index in [-0.39, 0.29) is 11.5 Å². The lowest BCUT2D eigenvalue weighted by Gasteiger charge is -2.20. The Morgan fingerprint density at radius 3 is 2.67 bits per heavy atom. The van der Waals surface area contributed by atoms with E-state index in [1.165, 1.54) is 33.9 Å². The molecule has 27 heavy (non-hydrogen) atoms. The number of aromatic nitrogens is 1. The molecule has 1 amide bonds. The first-order chi connectivity index (χ1) is 12.9. The minimum atomic E-state index is -0.501. The lowest BCUT2D eigenvalue weighted by molar-refractivity contribution is -0.858. The van der Waals surface area contributed by atoms with Gasteiger partial charge in [0.25, 0.3) is 5.91 Å². The molecule has 0 saturated carbocycles.